The van der Waals surface area contributed by atoms with Crippen molar-refractivity contribution in [1.82, 2.24) is 14.5 Å². The first-order valence-electron chi connectivity index (χ1n) is 11.7. The molecule has 2 amide bonds. The molecule has 0 saturated carbocycles. The van der Waals surface area contributed by atoms with Crippen molar-refractivity contribution in [3.8, 4) is 5.69 Å². The van der Waals surface area contributed by atoms with Crippen molar-refractivity contribution in [1.29, 1.82) is 0 Å². The largest absolute Gasteiger partial charge is 0.339 e. The van der Waals surface area contributed by atoms with E-state index in [1.165, 1.54) is 4.57 Å². The Morgan fingerprint density at radius 2 is 1.60 bits per heavy atom. The summed E-state index contributed by atoms with van der Waals surface area (Å²) in [5.74, 6) is 0.188. The zero-order chi connectivity index (χ0) is 24.5. The molecule has 4 aromatic rings. The Bertz CT molecular complexity index is 1500. The van der Waals surface area contributed by atoms with Crippen molar-refractivity contribution < 1.29 is 9.59 Å². The van der Waals surface area contributed by atoms with E-state index in [1.807, 2.05) is 42.2 Å². The Kier molecular flexibility index (Phi) is 5.91. The third kappa shape index (κ3) is 4.21. The fourth-order valence-corrected chi connectivity index (χ4v) is 4.60. The van der Waals surface area contributed by atoms with Gasteiger partial charge in [-0.3, -0.25) is 19.0 Å². The maximum atomic E-state index is 13.1. The SMILES string of the molecule is Cc1cccc(C(=O)N2CCCC2)c1NC(=O)c1ccc(-n2c(C)nc3ccccc3c2=O)cc1. The predicted molar refractivity (Wildman–Crippen MR) is 136 cm³/mol. The highest BCUT2D eigenvalue weighted by Crippen LogP contribution is 2.25. The van der Waals surface area contributed by atoms with Crippen LogP contribution in [0, 0.1) is 13.8 Å². The average Bonchev–Trinajstić information content (AvgIpc) is 3.40. The van der Waals surface area contributed by atoms with Gasteiger partial charge in [0, 0.05) is 18.7 Å². The lowest BCUT2D eigenvalue weighted by Gasteiger charge is -2.19. The molecule has 5 rings (SSSR count). The Hall–Kier alpha value is -4.26. The minimum Gasteiger partial charge on any atom is -0.339 e. The van der Waals surface area contributed by atoms with Gasteiger partial charge in [-0.25, -0.2) is 4.98 Å². The van der Waals surface area contributed by atoms with E-state index in [1.54, 1.807) is 43.3 Å². The third-order valence-corrected chi connectivity index (χ3v) is 6.47. The van der Waals surface area contributed by atoms with E-state index < -0.39 is 0 Å². The maximum Gasteiger partial charge on any atom is 0.265 e. The minimum atomic E-state index is -0.318. The molecule has 0 aliphatic carbocycles. The summed E-state index contributed by atoms with van der Waals surface area (Å²) in [6.07, 6.45) is 2.00. The van der Waals surface area contributed by atoms with Gasteiger partial charge < -0.3 is 10.2 Å². The van der Waals surface area contributed by atoms with E-state index >= 15 is 0 Å². The van der Waals surface area contributed by atoms with Crippen LogP contribution in [0.5, 0.6) is 0 Å². The predicted octanol–water partition coefficient (Wildman–Crippen LogP) is 4.49. The number of fused-ring (bicyclic) bond motifs is 1. The Morgan fingerprint density at radius 1 is 0.886 bits per heavy atom. The number of hydrogen-bond acceptors (Lipinski definition) is 4. The topological polar surface area (TPSA) is 84.3 Å². The quantitative estimate of drug-likeness (QED) is 0.480. The van der Waals surface area contributed by atoms with Crippen molar-refractivity contribution in [2.45, 2.75) is 26.7 Å². The first-order valence-corrected chi connectivity index (χ1v) is 11.7. The summed E-state index contributed by atoms with van der Waals surface area (Å²) in [5.41, 5.74) is 3.41. The van der Waals surface area contributed by atoms with Crippen molar-refractivity contribution in [3.05, 3.63) is 99.6 Å². The van der Waals surface area contributed by atoms with E-state index in [-0.39, 0.29) is 17.4 Å². The number of amides is 2. The van der Waals surface area contributed by atoms with Crippen LogP contribution >= 0.6 is 0 Å². The van der Waals surface area contributed by atoms with Crippen LogP contribution < -0.4 is 10.9 Å². The summed E-state index contributed by atoms with van der Waals surface area (Å²) in [7, 11) is 0. The van der Waals surface area contributed by atoms with Gasteiger partial charge in [0.2, 0.25) is 0 Å². The molecule has 1 aliphatic heterocycles. The fourth-order valence-electron chi connectivity index (χ4n) is 4.60. The molecule has 0 atom stereocenters. The summed E-state index contributed by atoms with van der Waals surface area (Å²) in [6, 6.07) is 19.5. The summed E-state index contributed by atoms with van der Waals surface area (Å²) in [6.45, 7) is 5.14. The van der Waals surface area contributed by atoms with Crippen molar-refractivity contribution in [2.24, 2.45) is 0 Å². The Labute approximate surface area is 203 Å². The number of nitrogens with zero attached hydrogens (tertiary/aromatic N) is 3. The van der Waals surface area contributed by atoms with Crippen LogP contribution in [-0.4, -0.2) is 39.4 Å². The van der Waals surface area contributed by atoms with E-state index in [0.717, 1.165) is 31.5 Å². The standard InChI is InChI=1S/C28H26N4O3/c1-18-8-7-10-23(27(34)31-16-5-6-17-31)25(18)30-26(33)20-12-14-21(15-13-20)32-19(2)29-24-11-4-3-9-22(24)28(32)35/h3-4,7-15H,5-6,16-17H2,1-2H3,(H,30,33). The van der Waals surface area contributed by atoms with Crippen LogP contribution in [0.15, 0.2) is 71.5 Å². The van der Waals surface area contributed by atoms with Gasteiger partial charge in [0.15, 0.2) is 0 Å². The van der Waals surface area contributed by atoms with E-state index in [2.05, 4.69) is 10.3 Å². The van der Waals surface area contributed by atoms with Crippen molar-refractivity contribution in [3.63, 3.8) is 0 Å². The first-order chi connectivity index (χ1) is 16.9. The molecule has 0 spiro atoms. The Balaban J connectivity index is 1.43. The molecule has 3 aromatic carbocycles. The molecule has 176 valence electrons. The van der Waals surface area contributed by atoms with Crippen LogP contribution in [0.3, 0.4) is 0 Å². The molecular formula is C28H26N4O3. The fraction of sp³-hybridized carbons (Fsp3) is 0.214. The van der Waals surface area contributed by atoms with E-state index in [4.69, 9.17) is 0 Å². The molecule has 1 aromatic heterocycles. The second-order valence-electron chi connectivity index (χ2n) is 8.81. The number of para-hydroxylation sites is 2. The van der Waals surface area contributed by atoms with Crippen molar-refractivity contribution >= 4 is 28.4 Å². The first kappa shape index (κ1) is 22.5. The molecule has 35 heavy (non-hydrogen) atoms. The summed E-state index contributed by atoms with van der Waals surface area (Å²) >= 11 is 0. The van der Waals surface area contributed by atoms with Gasteiger partial charge in [0.05, 0.1) is 27.8 Å². The average molecular weight is 467 g/mol. The second kappa shape index (κ2) is 9.18. The van der Waals surface area contributed by atoms with Crippen LogP contribution in [0.1, 0.15) is 44.9 Å². The number of hydrogen-bond donors (Lipinski definition) is 1. The Morgan fingerprint density at radius 3 is 2.34 bits per heavy atom. The van der Waals surface area contributed by atoms with Crippen LogP contribution in [0.2, 0.25) is 0 Å². The second-order valence-corrected chi connectivity index (χ2v) is 8.81. The summed E-state index contributed by atoms with van der Waals surface area (Å²) in [4.78, 5) is 45.6. The smallest absolute Gasteiger partial charge is 0.265 e. The molecule has 7 nitrogen and oxygen atoms in total. The number of aromatic nitrogens is 2. The molecule has 1 saturated heterocycles. The molecule has 1 aliphatic rings. The minimum absolute atomic E-state index is 0.0597. The van der Waals surface area contributed by atoms with Gasteiger partial charge >= 0.3 is 0 Å². The van der Waals surface area contributed by atoms with Gasteiger partial charge in [-0.1, -0.05) is 24.3 Å². The number of carbonyl (C=O) groups excluding carboxylic acids is 2. The maximum absolute atomic E-state index is 13.1. The van der Waals surface area contributed by atoms with E-state index in [0.29, 0.717) is 39.2 Å². The number of aryl methyl sites for hydroxylation is 2. The molecule has 1 N–H and O–H groups in total. The summed E-state index contributed by atoms with van der Waals surface area (Å²) < 4.78 is 1.54. The molecular weight excluding hydrogens is 440 g/mol. The van der Waals surface area contributed by atoms with Gasteiger partial charge in [-0.15, -0.1) is 0 Å². The lowest BCUT2D eigenvalue weighted by molar-refractivity contribution is 0.0793. The number of likely N-dealkylation sites (tertiary alicyclic amines) is 1. The number of benzene rings is 3. The number of carbonyl (C=O) groups is 2. The lowest BCUT2D eigenvalue weighted by Crippen LogP contribution is -2.29. The number of rotatable bonds is 4. The highest BCUT2D eigenvalue weighted by Gasteiger charge is 2.23. The van der Waals surface area contributed by atoms with Crippen LogP contribution in [-0.2, 0) is 0 Å². The normalized spacial score (nSPS) is 13.3. The van der Waals surface area contributed by atoms with Crippen molar-refractivity contribution in [2.75, 3.05) is 18.4 Å². The van der Waals surface area contributed by atoms with E-state index in [9.17, 15) is 14.4 Å². The summed E-state index contributed by atoms with van der Waals surface area (Å²) in [5, 5.41) is 3.48. The van der Waals surface area contributed by atoms with Gasteiger partial charge in [-0.05, 0) is 74.7 Å². The zero-order valence-corrected chi connectivity index (χ0v) is 19.7. The van der Waals surface area contributed by atoms with Gasteiger partial charge in [-0.2, -0.15) is 0 Å². The highest BCUT2D eigenvalue weighted by molar-refractivity contribution is 6.09. The van der Waals surface area contributed by atoms with Crippen LogP contribution in [0.25, 0.3) is 16.6 Å². The number of nitrogens with one attached hydrogen (secondary N) is 1. The molecule has 7 heteroatoms. The molecule has 0 bridgehead atoms. The third-order valence-electron chi connectivity index (χ3n) is 6.47. The molecule has 0 radical (unpaired) electrons. The zero-order valence-electron chi connectivity index (χ0n) is 19.7. The monoisotopic (exact) mass is 466 g/mol. The lowest BCUT2D eigenvalue weighted by atomic mass is 10.1. The molecule has 0 unspecified atom stereocenters. The molecule has 2 heterocycles. The molecule has 1 fully saturated rings. The van der Waals surface area contributed by atoms with Gasteiger partial charge in [0.25, 0.3) is 17.4 Å². The number of anilines is 1. The highest BCUT2D eigenvalue weighted by atomic mass is 16.2. The van der Waals surface area contributed by atoms with Crippen LogP contribution in [0.4, 0.5) is 5.69 Å². The van der Waals surface area contributed by atoms with Gasteiger partial charge in [0.1, 0.15) is 5.82 Å².